The summed E-state index contributed by atoms with van der Waals surface area (Å²) in [5.74, 6) is 0.393. The van der Waals surface area contributed by atoms with E-state index in [-0.39, 0.29) is 17.7 Å². The highest BCUT2D eigenvalue weighted by molar-refractivity contribution is 8.00. The molecule has 1 amide bonds. The molecule has 0 bridgehead atoms. The van der Waals surface area contributed by atoms with Crippen molar-refractivity contribution in [3.05, 3.63) is 64.8 Å². The van der Waals surface area contributed by atoms with Crippen LogP contribution in [0.3, 0.4) is 0 Å². The highest BCUT2D eigenvalue weighted by Gasteiger charge is 2.19. The predicted molar refractivity (Wildman–Crippen MR) is 110 cm³/mol. The molecule has 0 aliphatic rings. The molecular formula is C21H22FN3O3S. The number of anilines is 1. The number of nitrogens with one attached hydrogen (secondary N) is 1. The van der Waals surface area contributed by atoms with E-state index in [4.69, 9.17) is 9.15 Å². The second-order valence-electron chi connectivity index (χ2n) is 6.73. The maximum absolute atomic E-state index is 13.4. The average molecular weight is 415 g/mol. The van der Waals surface area contributed by atoms with E-state index in [1.165, 1.54) is 12.1 Å². The molecule has 0 saturated carbocycles. The van der Waals surface area contributed by atoms with Gasteiger partial charge in [0, 0.05) is 5.69 Å². The zero-order chi connectivity index (χ0) is 21.0. The molecule has 0 spiro atoms. The van der Waals surface area contributed by atoms with E-state index in [2.05, 4.69) is 15.5 Å². The van der Waals surface area contributed by atoms with E-state index in [0.717, 1.165) is 34.2 Å². The molecule has 0 aliphatic carbocycles. The maximum atomic E-state index is 13.4. The van der Waals surface area contributed by atoms with Crippen molar-refractivity contribution in [3.8, 4) is 5.75 Å². The highest BCUT2D eigenvalue weighted by atomic mass is 32.2. The lowest BCUT2D eigenvalue weighted by Gasteiger charge is -2.12. The number of hydrogen-bond acceptors (Lipinski definition) is 6. The third kappa shape index (κ3) is 5.57. The van der Waals surface area contributed by atoms with E-state index in [1.54, 1.807) is 19.9 Å². The number of rotatable bonds is 7. The first-order chi connectivity index (χ1) is 13.8. The van der Waals surface area contributed by atoms with Crippen LogP contribution < -0.4 is 10.1 Å². The number of thioether (sulfide) groups is 1. The first-order valence-corrected chi connectivity index (χ1v) is 9.96. The minimum Gasteiger partial charge on any atom is -0.484 e. The molecule has 0 aliphatic heterocycles. The van der Waals surface area contributed by atoms with Gasteiger partial charge in [-0.1, -0.05) is 30.0 Å². The van der Waals surface area contributed by atoms with Crippen molar-refractivity contribution >= 4 is 23.4 Å². The Bertz CT molecular complexity index is 1020. The number of hydrogen-bond donors (Lipinski definition) is 1. The second kappa shape index (κ2) is 9.09. The monoisotopic (exact) mass is 415 g/mol. The number of amides is 1. The molecule has 0 fully saturated rings. The van der Waals surface area contributed by atoms with Crippen LogP contribution in [0.2, 0.25) is 0 Å². The summed E-state index contributed by atoms with van der Waals surface area (Å²) in [5, 5.41) is 10.4. The van der Waals surface area contributed by atoms with Crippen LogP contribution >= 0.6 is 11.8 Å². The molecule has 1 heterocycles. The predicted octanol–water partition coefficient (Wildman–Crippen LogP) is 4.83. The number of nitrogens with zero attached hydrogens (tertiary/aromatic N) is 2. The maximum Gasteiger partial charge on any atom is 0.277 e. The Kier molecular flexibility index (Phi) is 6.53. The zero-order valence-electron chi connectivity index (χ0n) is 16.7. The molecule has 2 aromatic carbocycles. The molecule has 29 heavy (non-hydrogen) atoms. The lowest BCUT2D eigenvalue weighted by atomic mass is 10.1. The Balaban J connectivity index is 1.56. The fraction of sp³-hybridized carbons (Fsp3) is 0.286. The summed E-state index contributed by atoms with van der Waals surface area (Å²) in [5.41, 5.74) is 3.33. The lowest BCUT2D eigenvalue weighted by molar-refractivity contribution is -0.115. The Labute approximate surface area is 172 Å². The molecular weight excluding hydrogens is 393 g/mol. The fourth-order valence-corrected chi connectivity index (χ4v) is 3.22. The standard InChI is InChI=1S/C21H22FN3O3S/c1-12-5-6-14(3)18(9-12)27-11-19-24-25-21(28-19)29-15(4)20(26)23-17-10-16(22)8-7-13(17)2/h5-10,15H,11H2,1-4H3,(H,23,26). The lowest BCUT2D eigenvalue weighted by Crippen LogP contribution is -2.22. The van der Waals surface area contributed by atoms with Gasteiger partial charge in [0.25, 0.3) is 11.1 Å². The van der Waals surface area contributed by atoms with Gasteiger partial charge in [-0.2, -0.15) is 0 Å². The van der Waals surface area contributed by atoms with Crippen molar-refractivity contribution < 1.29 is 18.3 Å². The van der Waals surface area contributed by atoms with Crippen molar-refractivity contribution in [3.63, 3.8) is 0 Å². The number of carbonyl (C=O) groups excluding carboxylic acids is 1. The van der Waals surface area contributed by atoms with Gasteiger partial charge in [0.15, 0.2) is 6.61 Å². The van der Waals surface area contributed by atoms with Crippen LogP contribution in [0.1, 0.15) is 29.5 Å². The van der Waals surface area contributed by atoms with Crippen LogP contribution in [-0.2, 0) is 11.4 Å². The van der Waals surface area contributed by atoms with Gasteiger partial charge in [-0.15, -0.1) is 10.2 Å². The minimum absolute atomic E-state index is 0.140. The summed E-state index contributed by atoms with van der Waals surface area (Å²) in [7, 11) is 0. The van der Waals surface area contributed by atoms with Gasteiger partial charge in [-0.3, -0.25) is 4.79 Å². The van der Waals surface area contributed by atoms with Crippen LogP contribution in [-0.4, -0.2) is 21.4 Å². The largest absolute Gasteiger partial charge is 0.484 e. The van der Waals surface area contributed by atoms with E-state index in [1.807, 2.05) is 32.0 Å². The summed E-state index contributed by atoms with van der Waals surface area (Å²) in [6.07, 6.45) is 0. The molecule has 6 nitrogen and oxygen atoms in total. The summed E-state index contributed by atoms with van der Waals surface area (Å²) in [4.78, 5) is 12.4. The number of carbonyl (C=O) groups is 1. The van der Waals surface area contributed by atoms with Crippen molar-refractivity contribution in [2.45, 2.75) is 44.8 Å². The Morgan fingerprint density at radius 1 is 1.17 bits per heavy atom. The quantitative estimate of drug-likeness (QED) is 0.557. The SMILES string of the molecule is Cc1ccc(C)c(OCc2nnc(SC(C)C(=O)Nc3cc(F)ccc3C)o2)c1. The van der Waals surface area contributed by atoms with E-state index in [0.29, 0.717) is 11.6 Å². The van der Waals surface area contributed by atoms with Crippen LogP contribution in [0.4, 0.5) is 10.1 Å². The number of halogens is 1. The third-order valence-corrected chi connectivity index (χ3v) is 5.18. The average Bonchev–Trinajstić information content (AvgIpc) is 3.12. The van der Waals surface area contributed by atoms with Gasteiger partial charge in [0.05, 0.1) is 5.25 Å². The molecule has 3 aromatic rings. The number of benzene rings is 2. The number of aromatic nitrogens is 2. The van der Waals surface area contributed by atoms with E-state index < -0.39 is 11.1 Å². The molecule has 0 saturated heterocycles. The smallest absolute Gasteiger partial charge is 0.277 e. The Morgan fingerprint density at radius 3 is 2.72 bits per heavy atom. The summed E-state index contributed by atoms with van der Waals surface area (Å²) in [6.45, 7) is 7.61. The fourth-order valence-electron chi connectivity index (χ4n) is 2.51. The van der Waals surface area contributed by atoms with E-state index >= 15 is 0 Å². The van der Waals surface area contributed by atoms with Gasteiger partial charge in [0.2, 0.25) is 5.91 Å². The van der Waals surface area contributed by atoms with Gasteiger partial charge in [0.1, 0.15) is 11.6 Å². The normalized spacial score (nSPS) is 11.9. The van der Waals surface area contributed by atoms with Gasteiger partial charge in [-0.25, -0.2) is 4.39 Å². The molecule has 1 unspecified atom stereocenters. The third-order valence-electron chi connectivity index (χ3n) is 4.25. The van der Waals surface area contributed by atoms with Crippen LogP contribution in [0.15, 0.2) is 46.0 Å². The Hall–Kier alpha value is -2.87. The van der Waals surface area contributed by atoms with Crippen molar-refractivity contribution in [2.75, 3.05) is 5.32 Å². The molecule has 1 N–H and O–H groups in total. The summed E-state index contributed by atoms with van der Waals surface area (Å²) >= 11 is 1.13. The van der Waals surface area contributed by atoms with Crippen molar-refractivity contribution in [2.24, 2.45) is 0 Å². The van der Waals surface area contributed by atoms with E-state index in [9.17, 15) is 9.18 Å². The summed E-state index contributed by atoms with van der Waals surface area (Å²) in [6, 6.07) is 10.2. The number of aryl methyl sites for hydroxylation is 3. The first kappa shape index (κ1) is 20.9. The topological polar surface area (TPSA) is 77.2 Å². The molecule has 8 heteroatoms. The first-order valence-electron chi connectivity index (χ1n) is 9.08. The Morgan fingerprint density at radius 2 is 1.93 bits per heavy atom. The molecule has 0 radical (unpaired) electrons. The molecule has 152 valence electrons. The van der Waals surface area contributed by atoms with Gasteiger partial charge in [-0.05, 0) is 62.6 Å². The zero-order valence-corrected chi connectivity index (χ0v) is 17.5. The molecule has 3 rings (SSSR count). The minimum atomic E-state index is -0.508. The van der Waals surface area contributed by atoms with Crippen LogP contribution in [0.5, 0.6) is 5.75 Å². The highest BCUT2D eigenvalue weighted by Crippen LogP contribution is 2.25. The molecule has 1 aromatic heterocycles. The van der Waals surface area contributed by atoms with Gasteiger partial charge < -0.3 is 14.5 Å². The van der Waals surface area contributed by atoms with Crippen molar-refractivity contribution in [1.82, 2.24) is 10.2 Å². The van der Waals surface area contributed by atoms with Crippen LogP contribution in [0, 0.1) is 26.6 Å². The van der Waals surface area contributed by atoms with Gasteiger partial charge >= 0.3 is 0 Å². The second-order valence-corrected chi connectivity index (χ2v) is 8.02. The number of ether oxygens (including phenoxy) is 1. The van der Waals surface area contributed by atoms with Crippen LogP contribution in [0.25, 0.3) is 0 Å². The van der Waals surface area contributed by atoms with Crippen molar-refractivity contribution in [1.29, 1.82) is 0 Å². The summed E-state index contributed by atoms with van der Waals surface area (Å²) < 4.78 is 24.7. The molecule has 1 atom stereocenters.